The van der Waals surface area contributed by atoms with Gasteiger partial charge in [-0.05, 0) is 30.2 Å². The Kier molecular flexibility index (Phi) is 6.48. The summed E-state index contributed by atoms with van der Waals surface area (Å²) in [6, 6.07) is 5.78. The molecule has 0 aliphatic rings. The van der Waals surface area contributed by atoms with Gasteiger partial charge in [0.05, 0.1) is 6.61 Å². The first-order chi connectivity index (χ1) is 9.45. The molecule has 3 N–H and O–H groups in total. The second-order valence-electron chi connectivity index (χ2n) is 4.72. The highest BCUT2D eigenvalue weighted by molar-refractivity contribution is 6.30. The number of rotatable bonds is 6. The Labute approximate surface area is 123 Å². The van der Waals surface area contributed by atoms with Crippen molar-refractivity contribution in [2.45, 2.75) is 19.9 Å². The lowest BCUT2D eigenvalue weighted by Gasteiger charge is -2.21. The fraction of sp³-hybridized carbons (Fsp3) is 0.429. The second-order valence-corrected chi connectivity index (χ2v) is 5.15. The van der Waals surface area contributed by atoms with E-state index in [0.29, 0.717) is 10.6 Å². The van der Waals surface area contributed by atoms with Crippen LogP contribution in [0.15, 0.2) is 24.3 Å². The van der Waals surface area contributed by atoms with Crippen LogP contribution in [-0.2, 0) is 4.79 Å². The Morgan fingerprint density at radius 2 is 1.85 bits per heavy atom. The molecule has 0 heterocycles. The first-order valence-electron chi connectivity index (χ1n) is 6.40. The van der Waals surface area contributed by atoms with Gasteiger partial charge in [0.15, 0.2) is 0 Å². The van der Waals surface area contributed by atoms with Gasteiger partial charge in [0, 0.05) is 17.1 Å². The quantitative estimate of drug-likeness (QED) is 0.738. The smallest absolute Gasteiger partial charge is 0.251 e. The molecule has 0 bridgehead atoms. The number of hydrogen-bond donors (Lipinski definition) is 3. The van der Waals surface area contributed by atoms with Crippen LogP contribution in [0.1, 0.15) is 24.2 Å². The summed E-state index contributed by atoms with van der Waals surface area (Å²) in [6.45, 7) is 3.71. The minimum Gasteiger partial charge on any atom is -0.395 e. The standard InChI is InChI=1S/C14H19ClN2O3/c1-9(2)12(14(20)16-7-8-18)17-13(19)10-3-5-11(15)6-4-10/h3-6,9,12,18H,7-8H2,1-2H3,(H,16,20)(H,17,19). The molecule has 20 heavy (non-hydrogen) atoms. The minimum absolute atomic E-state index is 0.0649. The molecule has 6 heteroatoms. The van der Waals surface area contributed by atoms with E-state index in [-0.39, 0.29) is 30.9 Å². The molecular weight excluding hydrogens is 280 g/mol. The molecule has 0 aromatic heterocycles. The summed E-state index contributed by atoms with van der Waals surface area (Å²) in [5, 5.41) is 14.5. The maximum absolute atomic E-state index is 12.1. The first-order valence-corrected chi connectivity index (χ1v) is 6.78. The predicted molar refractivity (Wildman–Crippen MR) is 77.6 cm³/mol. The lowest BCUT2D eigenvalue weighted by atomic mass is 10.0. The molecule has 1 aromatic rings. The number of halogens is 1. The van der Waals surface area contributed by atoms with Crippen molar-refractivity contribution in [1.82, 2.24) is 10.6 Å². The topological polar surface area (TPSA) is 78.4 Å². The number of aliphatic hydroxyl groups excluding tert-OH is 1. The summed E-state index contributed by atoms with van der Waals surface area (Å²) in [7, 11) is 0. The van der Waals surface area contributed by atoms with E-state index < -0.39 is 6.04 Å². The molecule has 1 atom stereocenters. The lowest BCUT2D eigenvalue weighted by Crippen LogP contribution is -2.50. The number of carbonyl (C=O) groups excluding carboxylic acids is 2. The first kappa shape index (κ1) is 16.5. The summed E-state index contributed by atoms with van der Waals surface area (Å²) in [5.41, 5.74) is 0.440. The van der Waals surface area contributed by atoms with Crippen LogP contribution in [0.3, 0.4) is 0 Å². The molecule has 5 nitrogen and oxygen atoms in total. The van der Waals surface area contributed by atoms with E-state index in [0.717, 1.165) is 0 Å². The average molecular weight is 299 g/mol. The molecule has 0 fully saturated rings. The molecule has 1 unspecified atom stereocenters. The summed E-state index contributed by atoms with van der Waals surface area (Å²) >= 11 is 5.76. The molecule has 2 amide bonds. The Bertz CT molecular complexity index is 460. The Balaban J connectivity index is 2.72. The Hall–Kier alpha value is -1.59. The van der Waals surface area contributed by atoms with Crippen LogP contribution in [0.4, 0.5) is 0 Å². The van der Waals surface area contributed by atoms with Crippen molar-refractivity contribution in [2.24, 2.45) is 5.92 Å². The number of nitrogens with one attached hydrogen (secondary N) is 2. The zero-order valence-electron chi connectivity index (χ0n) is 11.5. The SMILES string of the molecule is CC(C)C(NC(=O)c1ccc(Cl)cc1)C(=O)NCCO. The van der Waals surface area contributed by atoms with Crippen LogP contribution in [0.2, 0.25) is 5.02 Å². The van der Waals surface area contributed by atoms with Gasteiger partial charge in [0.1, 0.15) is 6.04 Å². The van der Waals surface area contributed by atoms with E-state index in [1.807, 2.05) is 13.8 Å². The van der Waals surface area contributed by atoms with Gasteiger partial charge in [-0.1, -0.05) is 25.4 Å². The molecular formula is C14H19ClN2O3. The van der Waals surface area contributed by atoms with E-state index in [9.17, 15) is 9.59 Å². The van der Waals surface area contributed by atoms with E-state index in [4.69, 9.17) is 16.7 Å². The van der Waals surface area contributed by atoms with Crippen molar-refractivity contribution in [3.63, 3.8) is 0 Å². The predicted octanol–water partition coefficient (Wildman–Crippen LogP) is 1.20. The number of benzene rings is 1. The van der Waals surface area contributed by atoms with Crippen LogP contribution in [0.25, 0.3) is 0 Å². The minimum atomic E-state index is -0.648. The van der Waals surface area contributed by atoms with Crippen molar-refractivity contribution in [3.05, 3.63) is 34.9 Å². The summed E-state index contributed by atoms with van der Waals surface area (Å²) in [6.07, 6.45) is 0. The molecule has 110 valence electrons. The second kappa shape index (κ2) is 7.87. The Morgan fingerprint density at radius 1 is 1.25 bits per heavy atom. The highest BCUT2D eigenvalue weighted by Gasteiger charge is 2.24. The number of hydrogen-bond acceptors (Lipinski definition) is 3. The maximum Gasteiger partial charge on any atom is 0.251 e. The molecule has 0 aliphatic heterocycles. The third-order valence-electron chi connectivity index (χ3n) is 2.75. The van der Waals surface area contributed by atoms with Gasteiger partial charge in [-0.3, -0.25) is 9.59 Å². The van der Waals surface area contributed by atoms with Crippen molar-refractivity contribution in [3.8, 4) is 0 Å². The van der Waals surface area contributed by atoms with Gasteiger partial charge in [0.2, 0.25) is 5.91 Å². The number of aliphatic hydroxyl groups is 1. The van der Waals surface area contributed by atoms with Gasteiger partial charge in [0.25, 0.3) is 5.91 Å². The van der Waals surface area contributed by atoms with Crippen molar-refractivity contribution < 1.29 is 14.7 Å². The van der Waals surface area contributed by atoms with Gasteiger partial charge >= 0.3 is 0 Å². The zero-order valence-corrected chi connectivity index (χ0v) is 12.3. The highest BCUT2D eigenvalue weighted by atomic mass is 35.5. The molecule has 0 aliphatic carbocycles. The number of amides is 2. The van der Waals surface area contributed by atoms with E-state index in [2.05, 4.69) is 10.6 Å². The van der Waals surface area contributed by atoms with E-state index in [1.54, 1.807) is 24.3 Å². The molecule has 0 saturated heterocycles. The molecule has 0 radical (unpaired) electrons. The molecule has 1 rings (SSSR count). The number of carbonyl (C=O) groups is 2. The summed E-state index contributed by atoms with van der Waals surface area (Å²) in [5.74, 6) is -0.708. The van der Waals surface area contributed by atoms with Crippen LogP contribution in [-0.4, -0.2) is 36.1 Å². The fourth-order valence-electron chi connectivity index (χ4n) is 1.65. The maximum atomic E-state index is 12.1. The molecule has 0 saturated carbocycles. The Morgan fingerprint density at radius 3 is 2.35 bits per heavy atom. The average Bonchev–Trinajstić information content (AvgIpc) is 2.42. The van der Waals surface area contributed by atoms with Gasteiger partial charge in [-0.2, -0.15) is 0 Å². The van der Waals surface area contributed by atoms with E-state index in [1.165, 1.54) is 0 Å². The van der Waals surface area contributed by atoms with Crippen LogP contribution >= 0.6 is 11.6 Å². The third-order valence-corrected chi connectivity index (χ3v) is 3.01. The van der Waals surface area contributed by atoms with Gasteiger partial charge in [-0.15, -0.1) is 0 Å². The largest absolute Gasteiger partial charge is 0.395 e. The van der Waals surface area contributed by atoms with Crippen molar-refractivity contribution >= 4 is 23.4 Å². The summed E-state index contributed by atoms with van der Waals surface area (Å²) < 4.78 is 0. The van der Waals surface area contributed by atoms with Crippen LogP contribution in [0, 0.1) is 5.92 Å². The lowest BCUT2D eigenvalue weighted by molar-refractivity contribution is -0.124. The summed E-state index contributed by atoms with van der Waals surface area (Å²) in [4.78, 5) is 24.0. The molecule has 0 spiro atoms. The third kappa shape index (κ3) is 4.83. The van der Waals surface area contributed by atoms with E-state index >= 15 is 0 Å². The monoisotopic (exact) mass is 298 g/mol. The van der Waals surface area contributed by atoms with Crippen LogP contribution in [0.5, 0.6) is 0 Å². The fourth-order valence-corrected chi connectivity index (χ4v) is 1.78. The van der Waals surface area contributed by atoms with Crippen molar-refractivity contribution in [2.75, 3.05) is 13.2 Å². The normalized spacial score (nSPS) is 12.1. The molecule has 1 aromatic carbocycles. The van der Waals surface area contributed by atoms with Crippen LogP contribution < -0.4 is 10.6 Å². The van der Waals surface area contributed by atoms with Gasteiger partial charge < -0.3 is 15.7 Å². The zero-order chi connectivity index (χ0) is 15.1. The van der Waals surface area contributed by atoms with Crippen molar-refractivity contribution in [1.29, 1.82) is 0 Å². The van der Waals surface area contributed by atoms with Gasteiger partial charge in [-0.25, -0.2) is 0 Å². The highest BCUT2D eigenvalue weighted by Crippen LogP contribution is 2.10.